The molecule has 0 aromatic heterocycles. The van der Waals surface area contributed by atoms with Crippen LogP contribution >= 0.6 is 15.9 Å². The van der Waals surface area contributed by atoms with Crippen molar-refractivity contribution < 1.29 is 14.7 Å². The van der Waals surface area contributed by atoms with E-state index in [9.17, 15) is 9.59 Å². The number of nitrogens with two attached hydrogens (primary N) is 1. The van der Waals surface area contributed by atoms with E-state index in [1.165, 1.54) is 0 Å². The lowest BCUT2D eigenvalue weighted by Crippen LogP contribution is -2.42. The zero-order valence-electron chi connectivity index (χ0n) is 7.61. The smallest absolute Gasteiger partial charge is 0.330 e. The lowest BCUT2D eigenvalue weighted by molar-refractivity contribution is -0.141. The number of benzene rings is 1. The molecule has 15 heavy (non-hydrogen) atoms. The molecular formula is C9H9BrN2O3. The maximum absolute atomic E-state index is 11.3. The van der Waals surface area contributed by atoms with Gasteiger partial charge in [-0.3, -0.25) is 4.79 Å². The number of hydrogen-bond acceptors (Lipinski definition) is 3. The fourth-order valence-electron chi connectivity index (χ4n) is 0.885. The van der Waals surface area contributed by atoms with Gasteiger partial charge in [-0.15, -0.1) is 0 Å². The molecule has 0 saturated heterocycles. The number of aliphatic carboxylic acids is 1. The molecule has 0 bridgehead atoms. The molecule has 0 aliphatic rings. The monoisotopic (exact) mass is 272 g/mol. The Morgan fingerprint density at radius 2 is 2.00 bits per heavy atom. The minimum Gasteiger partial charge on any atom is -0.480 e. The molecule has 0 heterocycles. The molecule has 0 aliphatic heterocycles. The average molecular weight is 273 g/mol. The third-order valence-electron chi connectivity index (χ3n) is 1.68. The van der Waals surface area contributed by atoms with Crippen molar-refractivity contribution in [3.8, 4) is 0 Å². The summed E-state index contributed by atoms with van der Waals surface area (Å²) >= 11 is 3.21. The first-order chi connectivity index (χ1) is 7.02. The third kappa shape index (κ3) is 3.03. The molecule has 0 fully saturated rings. The number of halogens is 1. The fraction of sp³-hybridized carbons (Fsp3) is 0.111. The molecule has 1 aromatic carbocycles. The Hall–Kier alpha value is -1.40. The highest BCUT2D eigenvalue weighted by atomic mass is 79.9. The molecule has 80 valence electrons. The number of carboxylic acids is 1. The van der Waals surface area contributed by atoms with Crippen LogP contribution in [0.2, 0.25) is 0 Å². The van der Waals surface area contributed by atoms with Crippen molar-refractivity contribution in [3.05, 3.63) is 28.7 Å². The van der Waals surface area contributed by atoms with E-state index in [0.29, 0.717) is 10.2 Å². The second-order valence-corrected chi connectivity index (χ2v) is 3.64. The first-order valence-electron chi connectivity index (χ1n) is 4.06. The van der Waals surface area contributed by atoms with Crippen molar-refractivity contribution in [2.75, 3.05) is 5.32 Å². The third-order valence-corrected chi connectivity index (χ3v) is 2.37. The summed E-state index contributed by atoms with van der Waals surface area (Å²) in [6.45, 7) is 0. The Labute approximate surface area is 94.4 Å². The highest BCUT2D eigenvalue weighted by molar-refractivity contribution is 9.10. The zero-order valence-corrected chi connectivity index (χ0v) is 9.19. The minimum atomic E-state index is -1.56. The SMILES string of the molecule is NC(C(=O)O)C(=O)Nc1ccccc1Br. The summed E-state index contributed by atoms with van der Waals surface area (Å²) in [5.74, 6) is -2.12. The minimum absolute atomic E-state index is 0.485. The number of rotatable bonds is 3. The molecular weight excluding hydrogens is 264 g/mol. The van der Waals surface area contributed by atoms with Crippen molar-refractivity contribution in [2.45, 2.75) is 6.04 Å². The lowest BCUT2D eigenvalue weighted by atomic mass is 10.2. The molecule has 1 atom stereocenters. The molecule has 4 N–H and O–H groups in total. The Morgan fingerprint density at radius 1 is 1.40 bits per heavy atom. The normalized spacial score (nSPS) is 11.9. The standard InChI is InChI=1S/C9H9BrN2O3/c10-5-3-1-2-4-6(5)12-8(13)7(11)9(14)15/h1-4,7H,11H2,(H,12,13)(H,14,15). The Kier molecular flexibility index (Phi) is 3.81. The van der Waals surface area contributed by atoms with Crippen molar-refractivity contribution >= 4 is 33.5 Å². The van der Waals surface area contributed by atoms with E-state index >= 15 is 0 Å². The summed E-state index contributed by atoms with van der Waals surface area (Å²) in [6.07, 6.45) is 0. The molecule has 1 unspecified atom stereocenters. The average Bonchev–Trinajstić information content (AvgIpc) is 2.20. The zero-order chi connectivity index (χ0) is 11.4. The summed E-state index contributed by atoms with van der Waals surface area (Å²) < 4.78 is 0.663. The second kappa shape index (κ2) is 4.90. The van der Waals surface area contributed by atoms with E-state index in [4.69, 9.17) is 10.8 Å². The number of carboxylic acid groups (broad SMARTS) is 1. The van der Waals surface area contributed by atoms with Gasteiger partial charge in [0.25, 0.3) is 5.91 Å². The van der Waals surface area contributed by atoms with Gasteiger partial charge in [0, 0.05) is 4.47 Å². The first kappa shape index (κ1) is 11.7. The molecule has 0 spiro atoms. The van der Waals surface area contributed by atoms with Gasteiger partial charge in [0.1, 0.15) is 0 Å². The van der Waals surface area contributed by atoms with Crippen molar-refractivity contribution in [2.24, 2.45) is 5.73 Å². The molecule has 5 nitrogen and oxygen atoms in total. The quantitative estimate of drug-likeness (QED) is 0.710. The van der Waals surface area contributed by atoms with Crippen LogP contribution in [-0.2, 0) is 9.59 Å². The number of carbonyl (C=O) groups is 2. The van der Waals surface area contributed by atoms with Gasteiger partial charge in [-0.2, -0.15) is 0 Å². The Morgan fingerprint density at radius 3 is 2.53 bits per heavy atom. The van der Waals surface area contributed by atoms with Crippen LogP contribution in [0.1, 0.15) is 0 Å². The molecule has 1 amide bonds. The Balaban J connectivity index is 2.75. The van der Waals surface area contributed by atoms with Crippen LogP contribution in [0.25, 0.3) is 0 Å². The molecule has 6 heteroatoms. The predicted molar refractivity (Wildman–Crippen MR) is 58.4 cm³/mol. The van der Waals surface area contributed by atoms with Gasteiger partial charge in [0.15, 0.2) is 6.04 Å². The van der Waals surface area contributed by atoms with Gasteiger partial charge in [0.05, 0.1) is 5.69 Å². The van der Waals surface area contributed by atoms with Crippen LogP contribution in [-0.4, -0.2) is 23.0 Å². The van der Waals surface area contributed by atoms with Crippen LogP contribution in [0.5, 0.6) is 0 Å². The van der Waals surface area contributed by atoms with Gasteiger partial charge >= 0.3 is 5.97 Å². The summed E-state index contributed by atoms with van der Waals surface area (Å²) in [7, 11) is 0. The van der Waals surface area contributed by atoms with Crippen LogP contribution in [0.4, 0.5) is 5.69 Å². The lowest BCUT2D eigenvalue weighted by Gasteiger charge is -2.09. The summed E-state index contributed by atoms with van der Waals surface area (Å²) in [6, 6.07) is 5.29. The topological polar surface area (TPSA) is 92.4 Å². The van der Waals surface area contributed by atoms with Crippen LogP contribution in [0.15, 0.2) is 28.7 Å². The number of nitrogens with one attached hydrogen (secondary N) is 1. The van der Waals surface area contributed by atoms with Gasteiger partial charge in [-0.25, -0.2) is 4.79 Å². The summed E-state index contributed by atoms with van der Waals surface area (Å²) in [4.78, 5) is 21.7. The molecule has 0 radical (unpaired) electrons. The number of anilines is 1. The maximum Gasteiger partial charge on any atom is 0.330 e. The van der Waals surface area contributed by atoms with E-state index in [1.807, 2.05) is 0 Å². The molecule has 0 saturated carbocycles. The summed E-state index contributed by atoms with van der Waals surface area (Å²) in [5.41, 5.74) is 5.62. The van der Waals surface area contributed by atoms with Gasteiger partial charge in [-0.1, -0.05) is 12.1 Å². The van der Waals surface area contributed by atoms with Crippen molar-refractivity contribution in [1.82, 2.24) is 0 Å². The maximum atomic E-state index is 11.3. The van der Waals surface area contributed by atoms with Gasteiger partial charge in [0.2, 0.25) is 0 Å². The predicted octanol–water partition coefficient (Wildman–Crippen LogP) is 0.799. The van der Waals surface area contributed by atoms with E-state index in [0.717, 1.165) is 0 Å². The number of carbonyl (C=O) groups excluding carboxylic acids is 1. The highest BCUT2D eigenvalue weighted by Gasteiger charge is 2.21. The van der Waals surface area contributed by atoms with E-state index in [-0.39, 0.29) is 0 Å². The van der Waals surface area contributed by atoms with Crippen LogP contribution < -0.4 is 11.1 Å². The molecule has 1 aromatic rings. The van der Waals surface area contributed by atoms with Crippen molar-refractivity contribution in [3.63, 3.8) is 0 Å². The largest absolute Gasteiger partial charge is 0.480 e. The van der Waals surface area contributed by atoms with E-state index in [2.05, 4.69) is 21.2 Å². The Bertz CT molecular complexity index is 395. The molecule has 0 aliphatic carbocycles. The fourth-order valence-corrected chi connectivity index (χ4v) is 1.27. The molecule has 1 rings (SSSR count). The first-order valence-corrected chi connectivity index (χ1v) is 4.85. The van der Waals surface area contributed by atoms with Crippen LogP contribution in [0.3, 0.4) is 0 Å². The van der Waals surface area contributed by atoms with Crippen molar-refractivity contribution in [1.29, 1.82) is 0 Å². The van der Waals surface area contributed by atoms with E-state index in [1.54, 1.807) is 24.3 Å². The summed E-state index contributed by atoms with van der Waals surface area (Å²) in [5, 5.41) is 10.9. The second-order valence-electron chi connectivity index (χ2n) is 2.79. The van der Waals surface area contributed by atoms with Gasteiger partial charge < -0.3 is 16.2 Å². The highest BCUT2D eigenvalue weighted by Crippen LogP contribution is 2.21. The number of amides is 1. The van der Waals surface area contributed by atoms with Gasteiger partial charge in [-0.05, 0) is 28.1 Å². The van der Waals surface area contributed by atoms with E-state index < -0.39 is 17.9 Å². The number of hydrogen-bond donors (Lipinski definition) is 3. The van der Waals surface area contributed by atoms with Crippen LogP contribution in [0, 0.1) is 0 Å². The number of para-hydroxylation sites is 1.